The molecular weight excluding hydrogens is 406 g/mol. The number of imidazole rings is 1. The standard InChI is InChI=1S/C24H33N5O3/c1-28(2)15-17-14-26-23-21(17)12-19(29-9-8-25-16-29)13-22(23)24(30)27-18-4-6-20(7-5-18)32-11-10-31-3/h8-9,12-14,16,18,20,26H,4-7,10-11,15H2,1-3H3,(H,27,30). The molecule has 4 rings (SSSR count). The van der Waals surface area contributed by atoms with Gasteiger partial charge < -0.3 is 29.2 Å². The van der Waals surface area contributed by atoms with Crippen molar-refractivity contribution in [3.63, 3.8) is 0 Å². The second kappa shape index (κ2) is 10.3. The van der Waals surface area contributed by atoms with E-state index in [1.165, 1.54) is 0 Å². The molecule has 0 atom stereocenters. The Labute approximate surface area is 188 Å². The van der Waals surface area contributed by atoms with Crippen LogP contribution in [-0.2, 0) is 16.0 Å². The van der Waals surface area contributed by atoms with Crippen LogP contribution in [-0.4, -0.2) is 71.9 Å². The van der Waals surface area contributed by atoms with Crippen molar-refractivity contribution < 1.29 is 14.3 Å². The first-order valence-corrected chi connectivity index (χ1v) is 11.2. The molecule has 1 fully saturated rings. The Balaban J connectivity index is 1.53. The molecule has 0 aliphatic heterocycles. The van der Waals surface area contributed by atoms with Gasteiger partial charge in [-0.05, 0) is 57.5 Å². The van der Waals surface area contributed by atoms with Gasteiger partial charge in [0.05, 0.1) is 36.7 Å². The first-order chi connectivity index (χ1) is 15.5. The third kappa shape index (κ3) is 5.20. The van der Waals surface area contributed by atoms with E-state index in [1.807, 2.05) is 37.1 Å². The van der Waals surface area contributed by atoms with Gasteiger partial charge >= 0.3 is 0 Å². The highest BCUT2D eigenvalue weighted by molar-refractivity contribution is 6.07. The molecule has 8 nitrogen and oxygen atoms in total. The average Bonchev–Trinajstić information content (AvgIpc) is 3.45. The van der Waals surface area contributed by atoms with E-state index in [2.05, 4.69) is 26.3 Å². The van der Waals surface area contributed by atoms with E-state index in [4.69, 9.17) is 9.47 Å². The van der Waals surface area contributed by atoms with Crippen molar-refractivity contribution in [1.82, 2.24) is 24.8 Å². The van der Waals surface area contributed by atoms with Crippen LogP contribution in [0.25, 0.3) is 16.6 Å². The lowest BCUT2D eigenvalue weighted by molar-refractivity contribution is -0.00408. The van der Waals surface area contributed by atoms with Gasteiger partial charge in [-0.1, -0.05) is 0 Å². The number of ether oxygens (including phenoxy) is 2. The number of fused-ring (bicyclic) bond motifs is 1. The molecule has 2 heterocycles. The van der Waals surface area contributed by atoms with E-state index in [9.17, 15) is 4.79 Å². The second-order valence-electron chi connectivity index (χ2n) is 8.75. The minimum Gasteiger partial charge on any atom is -0.382 e. The summed E-state index contributed by atoms with van der Waals surface area (Å²) in [5.41, 5.74) is 3.62. The molecule has 0 bridgehead atoms. The molecule has 32 heavy (non-hydrogen) atoms. The van der Waals surface area contributed by atoms with Gasteiger partial charge in [0.15, 0.2) is 0 Å². The zero-order valence-electron chi connectivity index (χ0n) is 19.1. The maximum absolute atomic E-state index is 13.4. The predicted molar refractivity (Wildman–Crippen MR) is 124 cm³/mol. The topological polar surface area (TPSA) is 84.4 Å². The molecule has 0 spiro atoms. The monoisotopic (exact) mass is 439 g/mol. The quantitative estimate of drug-likeness (QED) is 0.501. The summed E-state index contributed by atoms with van der Waals surface area (Å²) in [6.07, 6.45) is 11.4. The van der Waals surface area contributed by atoms with Crippen molar-refractivity contribution in [3.8, 4) is 5.69 Å². The lowest BCUT2D eigenvalue weighted by Crippen LogP contribution is -2.39. The molecule has 0 saturated heterocycles. The first kappa shape index (κ1) is 22.5. The third-order valence-electron chi connectivity index (χ3n) is 6.04. The number of benzene rings is 1. The van der Waals surface area contributed by atoms with E-state index in [0.29, 0.717) is 18.8 Å². The van der Waals surface area contributed by atoms with Gasteiger partial charge in [0, 0.05) is 49.4 Å². The molecule has 1 aliphatic rings. The highest BCUT2D eigenvalue weighted by Crippen LogP contribution is 2.28. The van der Waals surface area contributed by atoms with Gasteiger partial charge in [-0.3, -0.25) is 4.79 Å². The summed E-state index contributed by atoms with van der Waals surface area (Å²) in [6, 6.07) is 4.22. The lowest BCUT2D eigenvalue weighted by atomic mass is 9.92. The van der Waals surface area contributed by atoms with E-state index in [-0.39, 0.29) is 18.1 Å². The molecule has 1 aromatic carbocycles. The van der Waals surface area contributed by atoms with Crippen LogP contribution in [0.15, 0.2) is 37.1 Å². The molecule has 172 valence electrons. The van der Waals surface area contributed by atoms with Gasteiger partial charge in [0.2, 0.25) is 0 Å². The highest BCUT2D eigenvalue weighted by Gasteiger charge is 2.24. The fourth-order valence-electron chi connectivity index (χ4n) is 4.42. The van der Waals surface area contributed by atoms with Crippen molar-refractivity contribution in [2.24, 2.45) is 0 Å². The molecule has 1 saturated carbocycles. The number of hydrogen-bond donors (Lipinski definition) is 2. The van der Waals surface area contributed by atoms with E-state index in [0.717, 1.165) is 54.4 Å². The number of carbonyl (C=O) groups is 1. The van der Waals surface area contributed by atoms with Gasteiger partial charge in [0.1, 0.15) is 0 Å². The summed E-state index contributed by atoms with van der Waals surface area (Å²) in [5, 5.41) is 4.32. The zero-order valence-corrected chi connectivity index (χ0v) is 19.1. The SMILES string of the molecule is COCCOC1CCC(NC(=O)c2cc(-n3ccnc3)cc3c(CN(C)C)c[nH]c23)CC1. The molecule has 0 radical (unpaired) electrons. The maximum atomic E-state index is 13.4. The number of aromatic nitrogens is 3. The second-order valence-corrected chi connectivity index (χ2v) is 8.75. The van der Waals surface area contributed by atoms with Gasteiger partial charge in [-0.2, -0.15) is 0 Å². The Morgan fingerprint density at radius 1 is 1.25 bits per heavy atom. The van der Waals surface area contributed by atoms with Crippen molar-refractivity contribution in [3.05, 3.63) is 48.2 Å². The summed E-state index contributed by atoms with van der Waals surface area (Å²) in [4.78, 5) is 23.0. The Morgan fingerprint density at radius 3 is 2.75 bits per heavy atom. The zero-order chi connectivity index (χ0) is 22.5. The molecule has 2 aromatic heterocycles. The summed E-state index contributed by atoms with van der Waals surface area (Å²) in [7, 11) is 5.77. The minimum absolute atomic E-state index is 0.0426. The predicted octanol–water partition coefficient (Wildman–Crippen LogP) is 3.12. The van der Waals surface area contributed by atoms with E-state index >= 15 is 0 Å². The van der Waals surface area contributed by atoms with Crippen LogP contribution in [0.1, 0.15) is 41.6 Å². The van der Waals surface area contributed by atoms with Gasteiger partial charge in [-0.25, -0.2) is 4.98 Å². The van der Waals surface area contributed by atoms with Crippen LogP contribution < -0.4 is 5.32 Å². The van der Waals surface area contributed by atoms with Crippen molar-refractivity contribution in [1.29, 1.82) is 0 Å². The van der Waals surface area contributed by atoms with Crippen LogP contribution >= 0.6 is 0 Å². The summed E-state index contributed by atoms with van der Waals surface area (Å²) in [5.74, 6) is -0.0426. The molecular formula is C24H33N5O3. The van der Waals surface area contributed by atoms with Crippen LogP contribution in [0, 0.1) is 0 Å². The van der Waals surface area contributed by atoms with Crippen LogP contribution in [0.4, 0.5) is 0 Å². The Bertz CT molecular complexity index is 1020. The Hall–Kier alpha value is -2.68. The number of nitrogens with zero attached hydrogens (tertiary/aromatic N) is 3. The number of amides is 1. The molecule has 1 amide bonds. The number of rotatable bonds is 9. The number of aromatic amines is 1. The van der Waals surface area contributed by atoms with Crippen molar-refractivity contribution in [2.45, 2.75) is 44.4 Å². The van der Waals surface area contributed by atoms with E-state index in [1.54, 1.807) is 19.6 Å². The van der Waals surface area contributed by atoms with Crippen molar-refractivity contribution >= 4 is 16.8 Å². The Kier molecular flexibility index (Phi) is 7.24. The number of hydrogen-bond acceptors (Lipinski definition) is 5. The maximum Gasteiger partial charge on any atom is 0.253 e. The lowest BCUT2D eigenvalue weighted by Gasteiger charge is -2.29. The Morgan fingerprint density at radius 2 is 2.06 bits per heavy atom. The molecule has 0 unspecified atom stereocenters. The van der Waals surface area contributed by atoms with Gasteiger partial charge in [0.25, 0.3) is 5.91 Å². The highest BCUT2D eigenvalue weighted by atomic mass is 16.5. The number of methoxy groups -OCH3 is 1. The molecule has 8 heteroatoms. The summed E-state index contributed by atoms with van der Waals surface area (Å²) in [6.45, 7) is 2.03. The van der Waals surface area contributed by atoms with Crippen molar-refractivity contribution in [2.75, 3.05) is 34.4 Å². The minimum atomic E-state index is -0.0426. The van der Waals surface area contributed by atoms with E-state index < -0.39 is 0 Å². The van der Waals surface area contributed by atoms with Crippen LogP contribution in [0.3, 0.4) is 0 Å². The van der Waals surface area contributed by atoms with Crippen LogP contribution in [0.2, 0.25) is 0 Å². The fraction of sp³-hybridized carbons (Fsp3) is 0.500. The largest absolute Gasteiger partial charge is 0.382 e. The van der Waals surface area contributed by atoms with Gasteiger partial charge in [-0.15, -0.1) is 0 Å². The normalized spacial score (nSPS) is 19.0. The molecule has 2 N–H and O–H groups in total. The fourth-order valence-corrected chi connectivity index (χ4v) is 4.42. The third-order valence-corrected chi connectivity index (χ3v) is 6.04. The number of H-pyrrole nitrogens is 1. The number of nitrogens with one attached hydrogen (secondary N) is 2. The van der Waals surface area contributed by atoms with Crippen LogP contribution in [0.5, 0.6) is 0 Å². The average molecular weight is 440 g/mol. The molecule has 3 aromatic rings. The molecule has 1 aliphatic carbocycles. The first-order valence-electron chi connectivity index (χ1n) is 11.2. The smallest absolute Gasteiger partial charge is 0.253 e. The number of carbonyl (C=O) groups excluding carboxylic acids is 1. The summed E-state index contributed by atoms with van der Waals surface area (Å²) < 4.78 is 12.8. The summed E-state index contributed by atoms with van der Waals surface area (Å²) >= 11 is 0.